The zero-order valence-corrected chi connectivity index (χ0v) is 17.8. The first kappa shape index (κ1) is 21.8. The monoisotopic (exact) mass is 475 g/mol. The van der Waals surface area contributed by atoms with Gasteiger partial charge in [0.2, 0.25) is 5.91 Å². The van der Waals surface area contributed by atoms with Crippen LogP contribution in [-0.2, 0) is 22.6 Å². The van der Waals surface area contributed by atoms with E-state index in [1.54, 1.807) is 24.3 Å². The molecule has 2 aromatic rings. The predicted octanol–water partition coefficient (Wildman–Crippen LogP) is 2.36. The van der Waals surface area contributed by atoms with Crippen LogP contribution in [0.3, 0.4) is 0 Å². The summed E-state index contributed by atoms with van der Waals surface area (Å²) in [6, 6.07) is 11.1. The van der Waals surface area contributed by atoms with E-state index in [2.05, 4.69) is 26.6 Å². The molecule has 0 bridgehead atoms. The van der Waals surface area contributed by atoms with Gasteiger partial charge in [-0.25, -0.2) is 9.59 Å². The van der Waals surface area contributed by atoms with E-state index in [0.29, 0.717) is 5.69 Å². The van der Waals surface area contributed by atoms with Gasteiger partial charge in [-0.05, 0) is 36.2 Å². The maximum absolute atomic E-state index is 13.2. The second-order valence-corrected chi connectivity index (χ2v) is 8.04. The number of aliphatic hydroxyl groups is 1. The van der Waals surface area contributed by atoms with E-state index in [9.17, 15) is 24.6 Å². The van der Waals surface area contributed by atoms with Crippen LogP contribution in [0.1, 0.15) is 18.1 Å². The summed E-state index contributed by atoms with van der Waals surface area (Å²) < 4.78 is 0.764. The first-order valence-electron chi connectivity index (χ1n) is 9.37. The molecule has 3 rings (SSSR count). The second kappa shape index (κ2) is 9.27. The summed E-state index contributed by atoms with van der Waals surface area (Å²) in [4.78, 5) is 38.6. The number of hydrogen-bond donors (Lipinski definition) is 4. The smallest absolute Gasteiger partial charge is 0.326 e. The van der Waals surface area contributed by atoms with Crippen LogP contribution in [0.5, 0.6) is 0 Å². The molecular weight excluding hydrogens is 454 g/mol. The minimum absolute atomic E-state index is 0.0874. The summed E-state index contributed by atoms with van der Waals surface area (Å²) in [5.74, 6) is -1.79. The van der Waals surface area contributed by atoms with E-state index < -0.39 is 36.1 Å². The molecule has 2 aromatic carbocycles. The SMILES string of the molecule is CC(O)C(NC(=O)Nc1cccc(Br)c1)C(=O)N1Cc2ccccc2C[C@@H]1C(=O)O. The highest BCUT2D eigenvalue weighted by Gasteiger charge is 2.39. The number of hydrogen-bond acceptors (Lipinski definition) is 4. The number of amides is 3. The van der Waals surface area contributed by atoms with Crippen LogP contribution >= 0.6 is 15.9 Å². The molecule has 1 aliphatic rings. The molecule has 0 fully saturated rings. The maximum atomic E-state index is 13.2. The van der Waals surface area contributed by atoms with Crippen molar-refractivity contribution in [3.63, 3.8) is 0 Å². The molecule has 0 aliphatic carbocycles. The lowest BCUT2D eigenvalue weighted by molar-refractivity contribution is -0.153. The third-order valence-electron chi connectivity index (χ3n) is 4.93. The Morgan fingerprint density at radius 2 is 1.83 bits per heavy atom. The highest BCUT2D eigenvalue weighted by molar-refractivity contribution is 9.10. The first-order valence-corrected chi connectivity index (χ1v) is 10.2. The van der Waals surface area contributed by atoms with Crippen LogP contribution in [0, 0.1) is 0 Å². The Morgan fingerprint density at radius 1 is 1.13 bits per heavy atom. The van der Waals surface area contributed by atoms with Crippen molar-refractivity contribution in [2.45, 2.75) is 38.1 Å². The van der Waals surface area contributed by atoms with Gasteiger partial charge in [0.05, 0.1) is 6.10 Å². The number of aliphatic hydroxyl groups excluding tert-OH is 1. The average Bonchev–Trinajstić information content (AvgIpc) is 2.70. The average molecular weight is 476 g/mol. The van der Waals surface area contributed by atoms with E-state index in [1.807, 2.05) is 24.3 Å². The summed E-state index contributed by atoms with van der Waals surface area (Å²) in [5, 5.41) is 24.9. The van der Waals surface area contributed by atoms with Gasteiger partial charge in [-0.15, -0.1) is 0 Å². The van der Waals surface area contributed by atoms with E-state index >= 15 is 0 Å². The van der Waals surface area contributed by atoms with Gasteiger partial charge < -0.3 is 25.7 Å². The number of urea groups is 1. The van der Waals surface area contributed by atoms with Crippen molar-refractivity contribution in [1.82, 2.24) is 10.2 Å². The molecule has 3 amide bonds. The molecule has 0 saturated heterocycles. The third-order valence-corrected chi connectivity index (χ3v) is 5.43. The van der Waals surface area contributed by atoms with E-state index in [4.69, 9.17) is 0 Å². The molecule has 30 heavy (non-hydrogen) atoms. The molecule has 2 unspecified atom stereocenters. The highest BCUT2D eigenvalue weighted by Crippen LogP contribution is 2.24. The number of rotatable bonds is 5. The summed E-state index contributed by atoms with van der Waals surface area (Å²) in [5.41, 5.74) is 2.20. The number of fused-ring (bicyclic) bond motifs is 1. The lowest BCUT2D eigenvalue weighted by atomic mass is 9.93. The molecule has 3 atom stereocenters. The summed E-state index contributed by atoms with van der Waals surface area (Å²) in [6.45, 7) is 1.46. The molecule has 0 radical (unpaired) electrons. The Balaban J connectivity index is 1.78. The predicted molar refractivity (Wildman–Crippen MR) is 114 cm³/mol. The van der Waals surface area contributed by atoms with Crippen molar-refractivity contribution < 1.29 is 24.6 Å². The molecule has 0 saturated carbocycles. The number of aliphatic carboxylic acids is 1. The van der Waals surface area contributed by atoms with Crippen molar-refractivity contribution in [2.24, 2.45) is 0 Å². The fourth-order valence-corrected chi connectivity index (χ4v) is 3.82. The Hall–Kier alpha value is -2.91. The van der Waals surface area contributed by atoms with Crippen LogP contribution in [0.25, 0.3) is 0 Å². The number of carboxylic acids is 1. The van der Waals surface area contributed by atoms with E-state index in [1.165, 1.54) is 11.8 Å². The molecule has 9 heteroatoms. The van der Waals surface area contributed by atoms with Crippen LogP contribution in [0.2, 0.25) is 0 Å². The first-order chi connectivity index (χ1) is 14.3. The number of anilines is 1. The molecule has 1 heterocycles. The fourth-order valence-electron chi connectivity index (χ4n) is 3.42. The molecule has 8 nitrogen and oxygen atoms in total. The van der Waals surface area contributed by atoms with Crippen molar-refractivity contribution in [1.29, 1.82) is 0 Å². The molecular formula is C21H22BrN3O5. The number of carboxylic acid groups (broad SMARTS) is 1. The van der Waals surface area contributed by atoms with Crippen LogP contribution in [0.15, 0.2) is 53.0 Å². The number of nitrogens with one attached hydrogen (secondary N) is 2. The standard InChI is InChI=1S/C21H22BrN3O5/c1-12(26)18(24-21(30)23-16-8-4-7-15(22)10-16)19(27)25-11-14-6-3-2-5-13(14)9-17(25)20(28)29/h2-8,10,12,17-18,26H,9,11H2,1H3,(H,28,29)(H2,23,24,30)/t12?,17-,18?/m1/s1. The van der Waals surface area contributed by atoms with Crippen LogP contribution < -0.4 is 10.6 Å². The number of carbonyl (C=O) groups excluding carboxylic acids is 2. The van der Waals surface area contributed by atoms with Gasteiger partial charge in [-0.3, -0.25) is 4.79 Å². The number of nitrogens with zero attached hydrogens (tertiary/aromatic N) is 1. The molecule has 0 aromatic heterocycles. The van der Waals surface area contributed by atoms with Crippen LogP contribution in [0.4, 0.5) is 10.5 Å². The maximum Gasteiger partial charge on any atom is 0.326 e. The van der Waals surface area contributed by atoms with Crippen molar-refractivity contribution >= 4 is 39.5 Å². The van der Waals surface area contributed by atoms with Gasteiger partial charge in [0.15, 0.2) is 0 Å². The zero-order valence-electron chi connectivity index (χ0n) is 16.2. The Kier molecular flexibility index (Phi) is 6.73. The van der Waals surface area contributed by atoms with Gasteiger partial charge in [-0.1, -0.05) is 46.3 Å². The highest BCUT2D eigenvalue weighted by atomic mass is 79.9. The molecule has 1 aliphatic heterocycles. The number of halogens is 1. The lowest BCUT2D eigenvalue weighted by Gasteiger charge is -2.37. The lowest BCUT2D eigenvalue weighted by Crippen LogP contribution is -2.59. The number of benzene rings is 2. The van der Waals surface area contributed by atoms with E-state index in [-0.39, 0.29) is 13.0 Å². The van der Waals surface area contributed by atoms with Gasteiger partial charge in [0.25, 0.3) is 0 Å². The van der Waals surface area contributed by atoms with Gasteiger partial charge in [0.1, 0.15) is 12.1 Å². The normalized spacial score (nSPS) is 17.4. The molecule has 158 valence electrons. The van der Waals surface area contributed by atoms with Crippen LogP contribution in [-0.4, -0.2) is 51.2 Å². The Labute approximate surface area is 182 Å². The largest absolute Gasteiger partial charge is 0.480 e. The fraction of sp³-hybridized carbons (Fsp3) is 0.286. The number of carbonyl (C=O) groups is 3. The van der Waals surface area contributed by atoms with Crippen molar-refractivity contribution in [3.8, 4) is 0 Å². The van der Waals surface area contributed by atoms with Gasteiger partial charge in [0, 0.05) is 23.1 Å². The summed E-state index contributed by atoms with van der Waals surface area (Å²) in [7, 11) is 0. The molecule has 4 N–H and O–H groups in total. The topological polar surface area (TPSA) is 119 Å². The minimum atomic E-state index is -1.30. The zero-order chi connectivity index (χ0) is 21.8. The van der Waals surface area contributed by atoms with E-state index in [0.717, 1.165) is 15.6 Å². The van der Waals surface area contributed by atoms with Crippen molar-refractivity contribution in [2.75, 3.05) is 5.32 Å². The Bertz CT molecular complexity index is 965. The second-order valence-electron chi connectivity index (χ2n) is 7.12. The van der Waals surface area contributed by atoms with Gasteiger partial charge in [-0.2, -0.15) is 0 Å². The molecule has 0 spiro atoms. The minimum Gasteiger partial charge on any atom is -0.480 e. The third kappa shape index (κ3) is 4.98. The quantitative estimate of drug-likeness (QED) is 0.529. The Morgan fingerprint density at radius 3 is 2.47 bits per heavy atom. The summed E-state index contributed by atoms with van der Waals surface area (Å²) in [6.07, 6.45) is -1.06. The van der Waals surface area contributed by atoms with Crippen molar-refractivity contribution in [3.05, 3.63) is 64.1 Å². The van der Waals surface area contributed by atoms with Gasteiger partial charge >= 0.3 is 12.0 Å². The summed E-state index contributed by atoms with van der Waals surface area (Å²) >= 11 is 3.31.